The van der Waals surface area contributed by atoms with Crippen LogP contribution in [0.15, 0.2) is 69.6 Å². The number of ether oxygens (including phenoxy) is 1. The van der Waals surface area contributed by atoms with Gasteiger partial charge >= 0.3 is 5.97 Å². The van der Waals surface area contributed by atoms with Crippen LogP contribution >= 0.6 is 31.9 Å². The summed E-state index contributed by atoms with van der Waals surface area (Å²) in [7, 11) is 1.34. The van der Waals surface area contributed by atoms with Gasteiger partial charge in [0.15, 0.2) is 0 Å². The third kappa shape index (κ3) is 12.7. The van der Waals surface area contributed by atoms with Crippen molar-refractivity contribution < 1.29 is 29.0 Å². The molecule has 0 unspecified atom stereocenters. The maximum Gasteiger partial charge on any atom is 0.320 e. The summed E-state index contributed by atoms with van der Waals surface area (Å²) >= 11 is 7.00. The van der Waals surface area contributed by atoms with E-state index in [1.54, 1.807) is 0 Å². The second-order valence-corrected chi connectivity index (χ2v) is 23.8. The van der Waals surface area contributed by atoms with Gasteiger partial charge < -0.3 is 35.2 Å². The molecule has 0 bridgehead atoms. The number of nitrogens with zero attached hydrogens (tertiary/aromatic N) is 2. The highest BCUT2D eigenvalue weighted by Crippen LogP contribution is 2.37. The summed E-state index contributed by atoms with van der Waals surface area (Å²) in [5.41, 5.74) is 9.47. The summed E-state index contributed by atoms with van der Waals surface area (Å²) in [4.78, 5) is 46.4. The first kappa shape index (κ1) is 46.4. The molecule has 0 saturated heterocycles. The zero-order chi connectivity index (χ0) is 42.7. The van der Waals surface area contributed by atoms with E-state index in [1.165, 1.54) is 18.5 Å². The molecule has 0 saturated carbocycles. The van der Waals surface area contributed by atoms with Gasteiger partial charge in [-0.1, -0.05) is 75.8 Å². The zero-order valence-electron chi connectivity index (χ0n) is 34.4. The van der Waals surface area contributed by atoms with Gasteiger partial charge in [0.2, 0.25) is 5.91 Å². The molecule has 6 rings (SSSR count). The minimum absolute atomic E-state index is 0.0409. The van der Waals surface area contributed by atoms with Crippen LogP contribution < -0.4 is 15.8 Å². The molecular weight excluding hydrogens is 892 g/mol. The monoisotopic (exact) mass is 943 g/mol. The highest BCUT2D eigenvalue weighted by molar-refractivity contribution is 9.10. The number of aromatic nitrogens is 2. The SMILES string of the molecule is Cc1nn(COCC[Si](C)(C)C)c(C)c1-c1ccc(NC(=O)[C@@H](N[B]C=O)[C@@H]2CCCc3ccc(Br)cc32)cc1.O=C[B]N[C@H](C(=O)O)[C@@H]1CCCc2ccc(Br)cc21. The lowest BCUT2D eigenvalue weighted by Gasteiger charge is -2.32. The van der Waals surface area contributed by atoms with Crippen LogP contribution in [0.1, 0.15) is 71.2 Å². The summed E-state index contributed by atoms with van der Waals surface area (Å²) < 4.78 is 9.78. The standard InChI is InChI=1S/C30H39BBrN4O3Si.C13H14BBrNO3/c1-20-28(21(2)36(35-20)19-39-15-16-40(3,4)5)23-10-13-25(14-11-23)33-30(38)29(34-31-18-37)26-8-6-7-22-9-12-24(32)17-27(22)26;15-9-5-4-8-2-1-3-10(11(8)6-9)12(13(18)19)16-14-7-17/h9-14,17-18,26,29,34H,6-8,15-16,19H2,1-5H3,(H,33,38);4-7,10,12,16H,1-3H2,(H,18,19)/t26-,29+;10-,12+/m11/s1. The number of rotatable bonds is 17. The van der Waals surface area contributed by atoms with E-state index in [0.717, 1.165) is 101 Å². The fourth-order valence-corrected chi connectivity index (χ4v) is 9.55. The second kappa shape index (κ2) is 21.7. The van der Waals surface area contributed by atoms with Crippen molar-refractivity contribution in [2.45, 2.75) is 109 Å². The molecule has 1 amide bonds. The van der Waals surface area contributed by atoms with Crippen molar-refractivity contribution in [3.63, 3.8) is 0 Å². The molecule has 1 aromatic heterocycles. The van der Waals surface area contributed by atoms with Crippen molar-refractivity contribution in [1.82, 2.24) is 20.2 Å². The molecule has 310 valence electrons. The van der Waals surface area contributed by atoms with Crippen LogP contribution in [0.2, 0.25) is 25.7 Å². The Morgan fingerprint density at radius 1 is 0.881 bits per heavy atom. The Morgan fingerprint density at radius 2 is 1.42 bits per heavy atom. The minimum atomic E-state index is -1.13. The number of carbonyl (C=O) groups is 4. The van der Waals surface area contributed by atoms with Gasteiger partial charge in [0.05, 0.1) is 24.1 Å². The van der Waals surface area contributed by atoms with Crippen LogP contribution in [0.5, 0.6) is 0 Å². The lowest BCUT2D eigenvalue weighted by atomic mass is 9.77. The third-order valence-corrected chi connectivity index (χ3v) is 13.7. The number of anilines is 1. The number of carboxylic acid groups (broad SMARTS) is 1. The molecule has 3 aromatic carbocycles. The average Bonchev–Trinajstić information content (AvgIpc) is 3.48. The molecule has 4 aromatic rings. The van der Waals surface area contributed by atoms with E-state index >= 15 is 0 Å². The maximum atomic E-state index is 13.5. The Balaban J connectivity index is 0.000000290. The molecular formula is C43H53B2Br2N5O6Si. The number of benzene rings is 3. The molecule has 1 heterocycles. The number of hydrogen-bond donors (Lipinski definition) is 4. The van der Waals surface area contributed by atoms with Crippen LogP contribution in [-0.2, 0) is 43.5 Å². The molecule has 2 aliphatic rings. The van der Waals surface area contributed by atoms with Gasteiger partial charge in [0, 0.05) is 52.4 Å². The smallest absolute Gasteiger partial charge is 0.320 e. The number of fused-ring (bicyclic) bond motifs is 2. The second-order valence-electron chi connectivity index (χ2n) is 16.4. The lowest BCUT2D eigenvalue weighted by Crippen LogP contribution is -2.47. The average molecular weight is 945 g/mol. The number of amides is 1. The van der Waals surface area contributed by atoms with Crippen LogP contribution in [0.4, 0.5) is 5.69 Å². The van der Waals surface area contributed by atoms with E-state index in [9.17, 15) is 24.3 Å². The van der Waals surface area contributed by atoms with Gasteiger partial charge in [-0.05, 0) is 123 Å². The van der Waals surface area contributed by atoms with Crippen molar-refractivity contribution >= 4 is 84.7 Å². The molecule has 0 aliphatic heterocycles. The molecule has 59 heavy (non-hydrogen) atoms. The molecule has 2 aliphatic carbocycles. The Kier molecular flexibility index (Phi) is 17.1. The van der Waals surface area contributed by atoms with Crippen LogP contribution in [-0.4, -0.2) is 80.7 Å². The molecule has 4 N–H and O–H groups in total. The van der Waals surface area contributed by atoms with E-state index in [2.05, 4.69) is 86.3 Å². The first-order valence-electron chi connectivity index (χ1n) is 20.1. The number of halogens is 2. The van der Waals surface area contributed by atoms with Gasteiger partial charge in [-0.2, -0.15) is 5.10 Å². The molecule has 0 spiro atoms. The van der Waals surface area contributed by atoms with E-state index in [-0.39, 0.29) is 17.7 Å². The minimum Gasteiger partial charge on any atom is -0.480 e. The van der Waals surface area contributed by atoms with Gasteiger partial charge in [-0.3, -0.25) is 9.59 Å². The fourth-order valence-electron chi connectivity index (χ4n) is 8.04. The lowest BCUT2D eigenvalue weighted by molar-refractivity contribution is -0.139. The fraction of sp³-hybridized carbons (Fsp3) is 0.419. The van der Waals surface area contributed by atoms with E-state index in [1.807, 2.05) is 60.1 Å². The Morgan fingerprint density at radius 3 is 1.95 bits per heavy atom. The van der Waals surface area contributed by atoms with Gasteiger partial charge in [0.1, 0.15) is 12.8 Å². The number of hydrogen-bond acceptors (Lipinski definition) is 8. The highest BCUT2D eigenvalue weighted by atomic mass is 79.9. The number of carbonyl (C=O) groups excluding carboxylic acids is 3. The molecule has 4 atom stereocenters. The highest BCUT2D eigenvalue weighted by Gasteiger charge is 2.34. The molecule has 0 fully saturated rings. The molecule has 16 heteroatoms. The first-order chi connectivity index (χ1) is 28.2. The summed E-state index contributed by atoms with van der Waals surface area (Å²) in [6.07, 6.45) is 6.85. The summed E-state index contributed by atoms with van der Waals surface area (Å²) in [5, 5.41) is 22.9. The Bertz CT molecular complexity index is 2100. The molecule has 11 nitrogen and oxygen atoms in total. The van der Waals surface area contributed by atoms with Crippen LogP contribution in [0.3, 0.4) is 0 Å². The number of nitrogens with one attached hydrogen (secondary N) is 3. The maximum absolute atomic E-state index is 13.5. The number of carboxylic acids is 1. The first-order valence-corrected chi connectivity index (χ1v) is 25.4. The number of aryl methyl sites for hydroxylation is 3. The van der Waals surface area contributed by atoms with Crippen molar-refractivity contribution in [3.05, 3.63) is 103 Å². The van der Waals surface area contributed by atoms with E-state index in [0.29, 0.717) is 24.8 Å². The van der Waals surface area contributed by atoms with E-state index in [4.69, 9.17) is 9.84 Å². The largest absolute Gasteiger partial charge is 0.480 e. The van der Waals surface area contributed by atoms with Gasteiger partial charge in [0.25, 0.3) is 14.8 Å². The molecule has 2 radical (unpaired) electrons. The summed E-state index contributed by atoms with van der Waals surface area (Å²) in [6.45, 7) is 12.3. The topological polar surface area (TPSA) is 152 Å². The van der Waals surface area contributed by atoms with Crippen molar-refractivity contribution in [3.8, 4) is 11.1 Å². The van der Waals surface area contributed by atoms with Crippen molar-refractivity contribution in [1.29, 1.82) is 0 Å². The quantitative estimate of drug-likeness (QED) is 0.0473. The summed E-state index contributed by atoms with van der Waals surface area (Å²) in [6, 6.07) is 19.9. The van der Waals surface area contributed by atoms with Crippen molar-refractivity contribution in [2.24, 2.45) is 0 Å². The van der Waals surface area contributed by atoms with Crippen molar-refractivity contribution in [2.75, 3.05) is 11.9 Å². The zero-order valence-corrected chi connectivity index (χ0v) is 38.6. The van der Waals surface area contributed by atoms with E-state index < -0.39 is 26.1 Å². The predicted octanol–water partition coefficient (Wildman–Crippen LogP) is 7.79. The normalized spacial score (nSPS) is 16.9. The predicted molar refractivity (Wildman–Crippen MR) is 246 cm³/mol. The Hall–Kier alpha value is -3.66. The van der Waals surface area contributed by atoms with Gasteiger partial charge in [-0.25, -0.2) is 4.68 Å². The van der Waals surface area contributed by atoms with Crippen LogP contribution in [0, 0.1) is 13.8 Å². The Labute approximate surface area is 367 Å². The van der Waals surface area contributed by atoms with Gasteiger partial charge in [-0.15, -0.1) is 0 Å². The third-order valence-electron chi connectivity index (χ3n) is 11.0. The summed E-state index contributed by atoms with van der Waals surface area (Å²) in [5.74, 6) is -1.26. The van der Waals surface area contributed by atoms with Crippen LogP contribution in [0.25, 0.3) is 11.1 Å². The number of aliphatic carboxylic acids is 1.